The van der Waals surface area contributed by atoms with Gasteiger partial charge in [-0.3, -0.25) is 0 Å². The average Bonchev–Trinajstić information content (AvgIpc) is 2.26. The van der Waals surface area contributed by atoms with Gasteiger partial charge in [0.05, 0.1) is 6.04 Å². The van der Waals surface area contributed by atoms with Gasteiger partial charge in [0.1, 0.15) is 0 Å². The second-order valence-electron chi connectivity index (χ2n) is 3.86. The van der Waals surface area contributed by atoms with E-state index in [0.29, 0.717) is 11.0 Å². The molecule has 0 aliphatic carbocycles. The molecule has 3 heteroatoms. The molecule has 0 aliphatic heterocycles. The van der Waals surface area contributed by atoms with Gasteiger partial charge >= 0.3 is 0 Å². The van der Waals surface area contributed by atoms with Crippen LogP contribution in [0.25, 0.3) is 0 Å². The lowest BCUT2D eigenvalue weighted by atomic mass is 9.96. The summed E-state index contributed by atoms with van der Waals surface area (Å²) >= 11 is 5.13. The van der Waals surface area contributed by atoms with Gasteiger partial charge in [0.15, 0.2) is 5.11 Å². The predicted molar refractivity (Wildman–Crippen MR) is 68.8 cm³/mol. The molecule has 82 valence electrons. The smallest absolute Gasteiger partial charge is 0.166 e. The quantitative estimate of drug-likeness (QED) is 0.768. The van der Waals surface area contributed by atoms with Gasteiger partial charge in [-0.1, -0.05) is 44.2 Å². The first kappa shape index (κ1) is 12.0. The Morgan fingerprint density at radius 1 is 1.20 bits per heavy atom. The molecule has 1 aromatic rings. The molecular formula is C12H18N2S. The van der Waals surface area contributed by atoms with Crippen LogP contribution in [-0.4, -0.2) is 12.2 Å². The van der Waals surface area contributed by atoms with Crippen LogP contribution in [0.4, 0.5) is 0 Å². The topological polar surface area (TPSA) is 24.1 Å². The molecule has 2 N–H and O–H groups in total. The van der Waals surface area contributed by atoms with Crippen molar-refractivity contribution >= 4 is 17.3 Å². The summed E-state index contributed by atoms with van der Waals surface area (Å²) in [7, 11) is 1.83. The van der Waals surface area contributed by atoms with Crippen molar-refractivity contribution in [1.82, 2.24) is 10.6 Å². The van der Waals surface area contributed by atoms with Crippen LogP contribution in [0.3, 0.4) is 0 Å². The Bertz CT molecular complexity index is 309. The Morgan fingerprint density at radius 2 is 1.80 bits per heavy atom. The fraction of sp³-hybridized carbons (Fsp3) is 0.417. The number of rotatable bonds is 3. The second-order valence-corrected chi connectivity index (χ2v) is 4.26. The third-order valence-electron chi connectivity index (χ3n) is 2.34. The van der Waals surface area contributed by atoms with Gasteiger partial charge < -0.3 is 10.6 Å². The predicted octanol–water partition coefficient (Wildman–Crippen LogP) is 2.48. The van der Waals surface area contributed by atoms with Crippen LogP contribution in [0, 0.1) is 5.92 Å². The van der Waals surface area contributed by atoms with Gasteiger partial charge in [-0.15, -0.1) is 0 Å². The van der Waals surface area contributed by atoms with E-state index in [0.717, 1.165) is 0 Å². The molecule has 0 unspecified atom stereocenters. The number of hydrogen-bond acceptors (Lipinski definition) is 1. The summed E-state index contributed by atoms with van der Waals surface area (Å²) in [5.74, 6) is 0.499. The van der Waals surface area contributed by atoms with Gasteiger partial charge in [-0.05, 0) is 23.7 Å². The first-order chi connectivity index (χ1) is 7.15. The SMILES string of the molecule is CNC(=S)N[C@H](c1ccccc1)C(C)C. The fourth-order valence-electron chi connectivity index (χ4n) is 1.51. The minimum Gasteiger partial charge on any atom is -0.366 e. The maximum absolute atomic E-state index is 5.13. The number of thiocarbonyl (C=S) groups is 1. The van der Waals surface area contributed by atoms with Crippen molar-refractivity contribution in [3.8, 4) is 0 Å². The Hall–Kier alpha value is -1.09. The van der Waals surface area contributed by atoms with E-state index >= 15 is 0 Å². The van der Waals surface area contributed by atoms with Crippen molar-refractivity contribution in [2.45, 2.75) is 19.9 Å². The van der Waals surface area contributed by atoms with Crippen molar-refractivity contribution in [3.63, 3.8) is 0 Å². The highest BCUT2D eigenvalue weighted by atomic mass is 32.1. The molecule has 1 atom stereocenters. The molecule has 0 radical (unpaired) electrons. The number of hydrogen-bond donors (Lipinski definition) is 2. The summed E-state index contributed by atoms with van der Waals surface area (Å²) in [6.45, 7) is 4.37. The third kappa shape index (κ3) is 3.51. The number of benzene rings is 1. The number of nitrogens with one attached hydrogen (secondary N) is 2. The molecule has 15 heavy (non-hydrogen) atoms. The summed E-state index contributed by atoms with van der Waals surface area (Å²) in [6.07, 6.45) is 0. The van der Waals surface area contributed by atoms with Crippen molar-refractivity contribution in [1.29, 1.82) is 0 Å². The highest BCUT2D eigenvalue weighted by molar-refractivity contribution is 7.80. The summed E-state index contributed by atoms with van der Waals surface area (Å²) in [6, 6.07) is 10.6. The van der Waals surface area contributed by atoms with E-state index in [1.165, 1.54) is 5.56 Å². The molecule has 1 aromatic carbocycles. The highest BCUT2D eigenvalue weighted by Crippen LogP contribution is 2.20. The van der Waals surface area contributed by atoms with E-state index in [4.69, 9.17) is 12.2 Å². The Morgan fingerprint density at radius 3 is 2.27 bits per heavy atom. The van der Waals surface area contributed by atoms with E-state index in [1.807, 2.05) is 13.1 Å². The zero-order valence-electron chi connectivity index (χ0n) is 9.45. The van der Waals surface area contributed by atoms with E-state index in [9.17, 15) is 0 Å². The van der Waals surface area contributed by atoms with Crippen LogP contribution >= 0.6 is 12.2 Å². The molecule has 0 fully saturated rings. The van der Waals surface area contributed by atoms with Gasteiger partial charge in [-0.2, -0.15) is 0 Å². The molecule has 0 aromatic heterocycles. The first-order valence-corrected chi connectivity index (χ1v) is 5.59. The van der Waals surface area contributed by atoms with Gasteiger partial charge in [0.25, 0.3) is 0 Å². The molecule has 0 saturated heterocycles. The molecule has 0 aliphatic rings. The summed E-state index contributed by atoms with van der Waals surface area (Å²) < 4.78 is 0. The van der Waals surface area contributed by atoms with Crippen LogP contribution in [0.15, 0.2) is 30.3 Å². The highest BCUT2D eigenvalue weighted by Gasteiger charge is 2.15. The Kier molecular flexibility index (Phi) is 4.56. The molecule has 0 bridgehead atoms. The van der Waals surface area contributed by atoms with Crippen molar-refractivity contribution in [2.24, 2.45) is 5.92 Å². The minimum atomic E-state index is 0.270. The van der Waals surface area contributed by atoms with E-state index in [-0.39, 0.29) is 6.04 Å². The summed E-state index contributed by atoms with van der Waals surface area (Å²) in [4.78, 5) is 0. The van der Waals surface area contributed by atoms with Crippen molar-refractivity contribution in [3.05, 3.63) is 35.9 Å². The maximum Gasteiger partial charge on any atom is 0.166 e. The Labute approximate surface area is 97.1 Å². The van der Waals surface area contributed by atoms with Crippen LogP contribution in [-0.2, 0) is 0 Å². The molecule has 0 amide bonds. The molecule has 0 heterocycles. The second kappa shape index (κ2) is 5.71. The molecular weight excluding hydrogens is 204 g/mol. The molecule has 0 spiro atoms. The largest absolute Gasteiger partial charge is 0.366 e. The summed E-state index contributed by atoms with van der Waals surface area (Å²) in [5, 5.41) is 6.94. The zero-order chi connectivity index (χ0) is 11.3. The van der Waals surface area contributed by atoms with E-state index < -0.39 is 0 Å². The first-order valence-electron chi connectivity index (χ1n) is 5.18. The van der Waals surface area contributed by atoms with Gasteiger partial charge in [0, 0.05) is 7.05 Å². The lowest BCUT2D eigenvalue weighted by Crippen LogP contribution is -2.37. The lowest BCUT2D eigenvalue weighted by molar-refractivity contribution is 0.470. The average molecular weight is 222 g/mol. The zero-order valence-corrected chi connectivity index (χ0v) is 10.3. The normalized spacial score (nSPS) is 12.3. The van der Waals surface area contributed by atoms with Gasteiger partial charge in [0.2, 0.25) is 0 Å². The van der Waals surface area contributed by atoms with Crippen molar-refractivity contribution in [2.75, 3.05) is 7.05 Å². The monoisotopic (exact) mass is 222 g/mol. The molecule has 2 nitrogen and oxygen atoms in total. The van der Waals surface area contributed by atoms with Crippen LogP contribution in [0.1, 0.15) is 25.5 Å². The fourth-order valence-corrected chi connectivity index (χ4v) is 1.64. The van der Waals surface area contributed by atoms with Crippen LogP contribution in [0.2, 0.25) is 0 Å². The van der Waals surface area contributed by atoms with Crippen LogP contribution < -0.4 is 10.6 Å². The third-order valence-corrected chi connectivity index (χ3v) is 2.66. The lowest BCUT2D eigenvalue weighted by Gasteiger charge is -2.24. The molecule has 0 saturated carbocycles. The maximum atomic E-state index is 5.13. The van der Waals surface area contributed by atoms with Crippen molar-refractivity contribution < 1.29 is 0 Å². The minimum absolute atomic E-state index is 0.270. The van der Waals surface area contributed by atoms with Gasteiger partial charge in [-0.25, -0.2) is 0 Å². The Balaban J connectivity index is 2.79. The summed E-state index contributed by atoms with van der Waals surface area (Å²) in [5.41, 5.74) is 1.27. The standard InChI is InChI=1S/C12H18N2S/c1-9(2)11(14-12(15)13-3)10-7-5-4-6-8-10/h4-9,11H,1-3H3,(H2,13,14,15)/t11-/m0/s1. The van der Waals surface area contributed by atoms with E-state index in [1.54, 1.807) is 0 Å². The van der Waals surface area contributed by atoms with E-state index in [2.05, 4.69) is 48.7 Å². The van der Waals surface area contributed by atoms with Crippen LogP contribution in [0.5, 0.6) is 0 Å². The molecule has 1 rings (SSSR count).